The van der Waals surface area contributed by atoms with E-state index >= 15 is 0 Å². The number of carbonyl (C=O) groups excluding carboxylic acids is 1. The quantitative estimate of drug-likeness (QED) is 0.503. The molecule has 0 radical (unpaired) electrons. The van der Waals surface area contributed by atoms with Gasteiger partial charge >= 0.3 is 5.97 Å². The van der Waals surface area contributed by atoms with Gasteiger partial charge in [-0.2, -0.15) is 0 Å². The van der Waals surface area contributed by atoms with Gasteiger partial charge in [0.05, 0.1) is 5.75 Å². The normalized spacial score (nSPS) is 10.8. The van der Waals surface area contributed by atoms with Gasteiger partial charge in [-0.05, 0) is 42.0 Å². The highest BCUT2D eigenvalue weighted by molar-refractivity contribution is 8.00. The molecule has 1 aromatic heterocycles. The number of pyridine rings is 1. The summed E-state index contributed by atoms with van der Waals surface area (Å²) in [6.45, 7) is 0. The number of carboxylic acid groups (broad SMARTS) is 1. The summed E-state index contributed by atoms with van der Waals surface area (Å²) in [6, 6.07) is 7.54. The Morgan fingerprint density at radius 2 is 2.14 bits per heavy atom. The van der Waals surface area contributed by atoms with Gasteiger partial charge in [0.15, 0.2) is 5.78 Å². The maximum atomic E-state index is 13.8. The number of nitrogens with zero attached hydrogens (tertiary/aromatic N) is 1. The number of carbonyl (C=O) groups is 2. The van der Waals surface area contributed by atoms with Crippen molar-refractivity contribution in [3.05, 3.63) is 65.7 Å². The number of aromatic nitrogens is 1. The van der Waals surface area contributed by atoms with E-state index in [1.165, 1.54) is 18.2 Å². The molecule has 1 aromatic carbocycles. The van der Waals surface area contributed by atoms with Gasteiger partial charge in [0.25, 0.3) is 0 Å². The molecule has 22 heavy (non-hydrogen) atoms. The minimum Gasteiger partial charge on any atom is -0.481 e. The molecule has 112 valence electrons. The molecule has 0 amide bonds. The zero-order valence-electron chi connectivity index (χ0n) is 11.4. The molecule has 0 aliphatic heterocycles. The van der Waals surface area contributed by atoms with E-state index < -0.39 is 11.8 Å². The van der Waals surface area contributed by atoms with Gasteiger partial charge < -0.3 is 5.11 Å². The third kappa shape index (κ3) is 4.53. The van der Waals surface area contributed by atoms with Gasteiger partial charge in [0.1, 0.15) is 5.82 Å². The Morgan fingerprint density at radius 3 is 2.77 bits per heavy atom. The number of allylic oxidation sites excluding steroid dienone is 1. The van der Waals surface area contributed by atoms with E-state index in [0.717, 1.165) is 23.4 Å². The minimum absolute atomic E-state index is 0.204. The first-order valence-electron chi connectivity index (χ1n) is 6.33. The number of aliphatic carboxylic acids is 1. The summed E-state index contributed by atoms with van der Waals surface area (Å²) in [7, 11) is 0. The summed E-state index contributed by atoms with van der Waals surface area (Å²) in [5.41, 5.74) is 0.974. The van der Waals surface area contributed by atoms with Gasteiger partial charge in [-0.25, -0.2) is 4.39 Å². The molecule has 2 rings (SSSR count). The van der Waals surface area contributed by atoms with Crippen molar-refractivity contribution in [1.82, 2.24) is 4.98 Å². The Kier molecular flexibility index (Phi) is 5.43. The highest BCUT2D eigenvalue weighted by Gasteiger charge is 2.09. The molecule has 0 aliphatic rings. The van der Waals surface area contributed by atoms with Gasteiger partial charge in [0, 0.05) is 22.9 Å². The lowest BCUT2D eigenvalue weighted by molar-refractivity contribution is -0.133. The topological polar surface area (TPSA) is 67.3 Å². The molecule has 0 atom stereocenters. The smallest absolute Gasteiger partial charge is 0.313 e. The molecule has 0 spiro atoms. The summed E-state index contributed by atoms with van der Waals surface area (Å²) >= 11 is 0.874. The zero-order chi connectivity index (χ0) is 15.9. The average molecular weight is 317 g/mol. The van der Waals surface area contributed by atoms with Crippen LogP contribution < -0.4 is 0 Å². The van der Waals surface area contributed by atoms with Gasteiger partial charge in [-0.3, -0.25) is 14.6 Å². The summed E-state index contributed by atoms with van der Waals surface area (Å²) in [4.78, 5) is 26.6. The van der Waals surface area contributed by atoms with Gasteiger partial charge in [-0.1, -0.05) is 6.07 Å². The van der Waals surface area contributed by atoms with E-state index in [2.05, 4.69) is 4.98 Å². The molecular formula is C16H12FNO3S. The van der Waals surface area contributed by atoms with Crippen LogP contribution in [0.3, 0.4) is 0 Å². The third-order valence-electron chi connectivity index (χ3n) is 2.68. The van der Waals surface area contributed by atoms with Crippen molar-refractivity contribution in [3.8, 4) is 0 Å². The van der Waals surface area contributed by atoms with Crippen LogP contribution in [-0.2, 0) is 4.79 Å². The van der Waals surface area contributed by atoms with Crippen molar-refractivity contribution in [3.63, 3.8) is 0 Å². The first-order chi connectivity index (χ1) is 10.6. The fraction of sp³-hybridized carbons (Fsp3) is 0.0625. The number of hydrogen-bond acceptors (Lipinski definition) is 4. The second-order valence-corrected chi connectivity index (χ2v) is 5.33. The average Bonchev–Trinajstić information content (AvgIpc) is 2.52. The van der Waals surface area contributed by atoms with Crippen LogP contribution in [-0.4, -0.2) is 27.6 Å². The van der Waals surface area contributed by atoms with E-state index in [1.807, 2.05) is 0 Å². The van der Waals surface area contributed by atoms with Crippen molar-refractivity contribution < 1.29 is 19.1 Å². The maximum Gasteiger partial charge on any atom is 0.313 e. The molecule has 1 N–H and O–H groups in total. The van der Waals surface area contributed by atoms with E-state index in [9.17, 15) is 14.0 Å². The number of hydrogen-bond donors (Lipinski definition) is 1. The number of ketones is 1. The lowest BCUT2D eigenvalue weighted by atomic mass is 10.1. The van der Waals surface area contributed by atoms with Crippen molar-refractivity contribution in [2.24, 2.45) is 0 Å². The van der Waals surface area contributed by atoms with E-state index in [1.54, 1.807) is 30.6 Å². The lowest BCUT2D eigenvalue weighted by Crippen LogP contribution is -2.00. The molecule has 4 nitrogen and oxygen atoms in total. The second kappa shape index (κ2) is 7.51. The Morgan fingerprint density at radius 1 is 1.32 bits per heavy atom. The van der Waals surface area contributed by atoms with Crippen LogP contribution in [0.2, 0.25) is 0 Å². The highest BCUT2D eigenvalue weighted by Crippen LogP contribution is 2.22. The van der Waals surface area contributed by atoms with Gasteiger partial charge in [0.2, 0.25) is 0 Å². The lowest BCUT2D eigenvalue weighted by Gasteiger charge is -2.03. The molecule has 6 heteroatoms. The number of thioether (sulfide) groups is 1. The molecule has 0 bridgehead atoms. The molecule has 0 saturated heterocycles. The number of carboxylic acids is 1. The van der Waals surface area contributed by atoms with Crippen LogP contribution in [0.4, 0.5) is 4.39 Å². The molecule has 0 saturated carbocycles. The predicted octanol–water partition coefficient (Wildman–Crippen LogP) is 3.29. The first-order valence-corrected chi connectivity index (χ1v) is 7.31. The van der Waals surface area contributed by atoms with Crippen molar-refractivity contribution in [1.29, 1.82) is 0 Å². The monoisotopic (exact) mass is 317 g/mol. The maximum absolute atomic E-state index is 13.8. The van der Waals surface area contributed by atoms with Crippen LogP contribution in [0.25, 0.3) is 6.08 Å². The second-order valence-electron chi connectivity index (χ2n) is 4.31. The van der Waals surface area contributed by atoms with Crippen molar-refractivity contribution >= 4 is 29.6 Å². The molecule has 1 heterocycles. The van der Waals surface area contributed by atoms with E-state index in [0.29, 0.717) is 0 Å². The molecule has 0 unspecified atom stereocenters. The SMILES string of the molecule is O=C(O)CSc1ccc(C(=O)/C=C/c2cccnc2)cc1F. The summed E-state index contributed by atoms with van der Waals surface area (Å²) in [6.07, 6.45) is 6.17. The fourth-order valence-corrected chi connectivity index (χ4v) is 2.29. The third-order valence-corrected chi connectivity index (χ3v) is 3.71. The Labute approximate surface area is 130 Å². The van der Waals surface area contributed by atoms with Crippen LogP contribution in [0, 0.1) is 5.82 Å². The van der Waals surface area contributed by atoms with E-state index in [4.69, 9.17) is 5.11 Å². The van der Waals surface area contributed by atoms with Gasteiger partial charge in [-0.15, -0.1) is 11.8 Å². The Bertz CT molecular complexity index is 717. The van der Waals surface area contributed by atoms with Crippen LogP contribution in [0.5, 0.6) is 0 Å². The molecule has 2 aromatic rings. The van der Waals surface area contributed by atoms with Crippen molar-refractivity contribution in [2.45, 2.75) is 4.90 Å². The first kappa shape index (κ1) is 15.9. The van der Waals surface area contributed by atoms with Crippen LogP contribution in [0.1, 0.15) is 15.9 Å². The highest BCUT2D eigenvalue weighted by atomic mass is 32.2. The summed E-state index contributed by atoms with van der Waals surface area (Å²) in [5, 5.41) is 8.58. The Balaban J connectivity index is 2.09. The van der Waals surface area contributed by atoms with Crippen LogP contribution >= 0.6 is 11.8 Å². The number of benzene rings is 1. The Hall–Kier alpha value is -2.47. The molecule has 0 fully saturated rings. The molecule has 0 aliphatic carbocycles. The summed E-state index contributed by atoms with van der Waals surface area (Å²) in [5.74, 6) is -2.20. The largest absolute Gasteiger partial charge is 0.481 e. The summed E-state index contributed by atoms with van der Waals surface area (Å²) < 4.78 is 13.8. The zero-order valence-corrected chi connectivity index (χ0v) is 12.2. The number of halogens is 1. The van der Waals surface area contributed by atoms with Crippen molar-refractivity contribution in [2.75, 3.05) is 5.75 Å². The number of rotatable bonds is 6. The minimum atomic E-state index is -1.02. The standard InChI is InChI=1S/C16H12FNO3S/c17-13-8-12(4-6-15(13)22-10-16(20)21)14(19)5-3-11-2-1-7-18-9-11/h1-9H,10H2,(H,20,21)/b5-3+. The fourth-order valence-electron chi connectivity index (χ4n) is 1.65. The predicted molar refractivity (Wildman–Crippen MR) is 82.4 cm³/mol. The van der Waals surface area contributed by atoms with E-state index in [-0.39, 0.29) is 22.0 Å². The van der Waals surface area contributed by atoms with Crippen LogP contribution in [0.15, 0.2) is 53.7 Å². The molecular weight excluding hydrogens is 305 g/mol.